The van der Waals surface area contributed by atoms with Crippen molar-refractivity contribution >= 4 is 10.0 Å². The maximum Gasteiger partial charge on any atom is 0.0227 e. The molecule has 0 saturated carbocycles. The van der Waals surface area contributed by atoms with E-state index in [1.807, 2.05) is 0 Å². The molecule has 1 nitrogen and oxygen atoms in total. The normalized spacial score (nSPS) is 57.5. The summed E-state index contributed by atoms with van der Waals surface area (Å²) < 4.78 is 0. The van der Waals surface area contributed by atoms with Crippen molar-refractivity contribution in [1.82, 2.24) is 5.32 Å². The van der Waals surface area contributed by atoms with Gasteiger partial charge in [0.2, 0.25) is 0 Å². The van der Waals surface area contributed by atoms with Crippen molar-refractivity contribution in [3.05, 3.63) is 0 Å². The van der Waals surface area contributed by atoms with Gasteiger partial charge in [0.15, 0.2) is 0 Å². The molecule has 2 heteroatoms. The highest BCUT2D eigenvalue weighted by Gasteiger charge is 2.64. The molecule has 3 atom stereocenters. The molecule has 0 aromatic rings. The van der Waals surface area contributed by atoms with Crippen LogP contribution in [0.3, 0.4) is 0 Å². The van der Waals surface area contributed by atoms with Crippen LogP contribution in [-0.2, 0) is 0 Å². The first-order valence-corrected chi connectivity index (χ1v) is 7.95. The van der Waals surface area contributed by atoms with Crippen LogP contribution in [0.15, 0.2) is 0 Å². The molecule has 0 radical (unpaired) electrons. The smallest absolute Gasteiger partial charge is 0.0227 e. The molecular weight excluding hydrogens is 178 g/mol. The van der Waals surface area contributed by atoms with Crippen LogP contribution in [0.5, 0.6) is 0 Å². The van der Waals surface area contributed by atoms with E-state index in [1.165, 1.54) is 18.1 Å². The second-order valence-electron chi connectivity index (χ2n) is 5.36. The van der Waals surface area contributed by atoms with Crippen LogP contribution in [-0.4, -0.2) is 34.6 Å². The fourth-order valence-corrected chi connectivity index (χ4v) is 7.00. The third-order valence-electron chi connectivity index (χ3n) is 4.03. The minimum atomic E-state index is 0.123. The molecule has 0 amide bonds. The molecule has 3 saturated heterocycles. The molecule has 3 rings (SSSR count). The van der Waals surface area contributed by atoms with Crippen molar-refractivity contribution in [3.8, 4) is 0 Å². The van der Waals surface area contributed by atoms with Gasteiger partial charge in [-0.3, -0.25) is 0 Å². The van der Waals surface area contributed by atoms with Gasteiger partial charge in [0, 0.05) is 17.3 Å². The van der Waals surface area contributed by atoms with Crippen molar-refractivity contribution in [3.63, 3.8) is 0 Å². The Labute approximate surface area is 83.0 Å². The molecule has 13 heavy (non-hydrogen) atoms. The molecule has 0 spiro atoms. The lowest BCUT2D eigenvalue weighted by Crippen LogP contribution is -2.07. The molecule has 76 valence electrons. The van der Waals surface area contributed by atoms with Gasteiger partial charge >= 0.3 is 0 Å². The lowest BCUT2D eigenvalue weighted by molar-refractivity contribution is 0.578. The van der Waals surface area contributed by atoms with E-state index in [9.17, 15) is 0 Å². The summed E-state index contributed by atoms with van der Waals surface area (Å²) in [6.07, 6.45) is 2.79. The van der Waals surface area contributed by atoms with Gasteiger partial charge in [0.1, 0.15) is 0 Å². The van der Waals surface area contributed by atoms with E-state index < -0.39 is 0 Å². The van der Waals surface area contributed by atoms with Crippen LogP contribution in [0.25, 0.3) is 0 Å². The standard InChI is InChI=1S/C11H21NS/c1-3-10-11(12-10)4-8(2)5-13-6-9(13)7-13/h8-12H,3-7H2,1-2H3. The molecular formula is C11H21NS. The molecule has 3 aliphatic heterocycles. The van der Waals surface area contributed by atoms with Crippen LogP contribution in [0.2, 0.25) is 0 Å². The van der Waals surface area contributed by atoms with Crippen LogP contribution in [0.1, 0.15) is 26.7 Å². The van der Waals surface area contributed by atoms with E-state index in [0.717, 1.165) is 18.0 Å². The SMILES string of the molecule is CCC1NC1CC(C)CS12CC1C2. The zero-order valence-electron chi connectivity index (χ0n) is 8.75. The molecule has 3 aliphatic rings. The highest BCUT2D eigenvalue weighted by Crippen LogP contribution is 2.85. The van der Waals surface area contributed by atoms with Crippen LogP contribution < -0.4 is 5.32 Å². The first-order chi connectivity index (χ1) is 6.23. The summed E-state index contributed by atoms with van der Waals surface area (Å²) in [4.78, 5) is 0. The second-order valence-corrected chi connectivity index (χ2v) is 9.25. The molecule has 0 aromatic carbocycles. The Kier molecular flexibility index (Phi) is 1.76. The van der Waals surface area contributed by atoms with E-state index >= 15 is 0 Å². The van der Waals surface area contributed by atoms with Crippen molar-refractivity contribution < 1.29 is 0 Å². The van der Waals surface area contributed by atoms with Crippen LogP contribution >= 0.6 is 10.0 Å². The maximum atomic E-state index is 3.58. The maximum absolute atomic E-state index is 3.58. The first kappa shape index (κ1) is 8.60. The van der Waals surface area contributed by atoms with Gasteiger partial charge in [-0.1, -0.05) is 13.8 Å². The van der Waals surface area contributed by atoms with E-state index in [-0.39, 0.29) is 10.0 Å². The third-order valence-corrected chi connectivity index (χ3v) is 8.29. The van der Waals surface area contributed by atoms with E-state index in [0.29, 0.717) is 0 Å². The zero-order valence-corrected chi connectivity index (χ0v) is 9.57. The van der Waals surface area contributed by atoms with Gasteiger partial charge in [-0.2, -0.15) is 0 Å². The number of hydrogen-bond acceptors (Lipinski definition) is 1. The second kappa shape index (κ2) is 2.66. The topological polar surface area (TPSA) is 21.9 Å². The van der Waals surface area contributed by atoms with Crippen LogP contribution in [0.4, 0.5) is 0 Å². The Morgan fingerprint density at radius 2 is 2.08 bits per heavy atom. The molecule has 0 bridgehead atoms. The quantitative estimate of drug-likeness (QED) is 0.672. The monoisotopic (exact) mass is 199 g/mol. The lowest BCUT2D eigenvalue weighted by Gasteiger charge is -2.14. The van der Waals surface area contributed by atoms with Crippen molar-refractivity contribution in [2.75, 3.05) is 17.3 Å². The number of rotatable bonds is 5. The highest BCUT2D eigenvalue weighted by molar-refractivity contribution is 8.46. The Morgan fingerprint density at radius 3 is 2.54 bits per heavy atom. The fourth-order valence-electron chi connectivity index (χ4n) is 2.81. The Morgan fingerprint density at radius 1 is 1.38 bits per heavy atom. The lowest BCUT2D eigenvalue weighted by atomic mass is 10.1. The summed E-state index contributed by atoms with van der Waals surface area (Å²) >= 11 is 0. The molecule has 3 unspecified atom stereocenters. The predicted octanol–water partition coefficient (Wildman–Crippen LogP) is 1.96. The number of nitrogens with one attached hydrogen (secondary N) is 1. The van der Waals surface area contributed by atoms with Crippen LogP contribution in [0, 0.1) is 5.92 Å². The third kappa shape index (κ3) is 1.52. The molecule has 3 fully saturated rings. The molecule has 0 aliphatic carbocycles. The van der Waals surface area contributed by atoms with Gasteiger partial charge in [0.05, 0.1) is 0 Å². The summed E-state index contributed by atoms with van der Waals surface area (Å²) in [5.41, 5.74) is 0. The van der Waals surface area contributed by atoms with Crippen molar-refractivity contribution in [2.24, 2.45) is 5.92 Å². The first-order valence-electron chi connectivity index (χ1n) is 5.75. The highest BCUT2D eigenvalue weighted by atomic mass is 32.3. The summed E-state index contributed by atoms with van der Waals surface area (Å²) in [5.74, 6) is 5.95. The molecule has 0 aromatic heterocycles. The van der Waals surface area contributed by atoms with Gasteiger partial charge in [-0.05, 0) is 36.0 Å². The van der Waals surface area contributed by atoms with Gasteiger partial charge in [-0.25, -0.2) is 10.0 Å². The number of fused-ring (bicyclic) bond motifs is 1. The average Bonchev–Trinajstić information content (AvgIpc) is 2.84. The van der Waals surface area contributed by atoms with Gasteiger partial charge in [-0.15, -0.1) is 0 Å². The minimum Gasteiger partial charge on any atom is -0.308 e. The number of hydrogen-bond donors (Lipinski definition) is 1. The van der Waals surface area contributed by atoms with Crippen molar-refractivity contribution in [2.45, 2.75) is 44.0 Å². The summed E-state index contributed by atoms with van der Waals surface area (Å²) in [6.45, 7) is 4.77. The molecule has 3 heterocycles. The Bertz CT molecular complexity index is 222. The summed E-state index contributed by atoms with van der Waals surface area (Å²) in [5, 5.41) is 4.85. The van der Waals surface area contributed by atoms with Gasteiger partial charge in [0.25, 0.3) is 0 Å². The summed E-state index contributed by atoms with van der Waals surface area (Å²) in [6, 6.07) is 1.77. The largest absolute Gasteiger partial charge is 0.308 e. The molecule has 1 N–H and O–H groups in total. The zero-order chi connectivity index (χ0) is 9.05. The van der Waals surface area contributed by atoms with E-state index in [2.05, 4.69) is 19.2 Å². The predicted molar refractivity (Wildman–Crippen MR) is 60.8 cm³/mol. The Balaban J connectivity index is 1.40. The average molecular weight is 199 g/mol. The Hall–Kier alpha value is 0.310. The fraction of sp³-hybridized carbons (Fsp3) is 1.00. The van der Waals surface area contributed by atoms with E-state index in [4.69, 9.17) is 0 Å². The van der Waals surface area contributed by atoms with Crippen molar-refractivity contribution in [1.29, 1.82) is 0 Å². The van der Waals surface area contributed by atoms with Gasteiger partial charge < -0.3 is 5.32 Å². The minimum absolute atomic E-state index is 0.123. The van der Waals surface area contributed by atoms with E-state index in [1.54, 1.807) is 17.3 Å². The summed E-state index contributed by atoms with van der Waals surface area (Å²) in [7, 11) is 0.123.